The van der Waals surface area contributed by atoms with Crippen LogP contribution in [-0.4, -0.2) is 143 Å². The lowest BCUT2D eigenvalue weighted by Crippen LogP contribution is -2.73. The van der Waals surface area contributed by atoms with E-state index in [1.54, 1.807) is 4.90 Å². The van der Waals surface area contributed by atoms with Crippen molar-refractivity contribution in [3.05, 3.63) is 158 Å². The highest BCUT2D eigenvalue weighted by Crippen LogP contribution is 2.50. The van der Waals surface area contributed by atoms with E-state index >= 15 is 4.79 Å². The number of hydrogen-bond acceptors (Lipinski definition) is 12. The zero-order chi connectivity index (χ0) is 68.3. The van der Waals surface area contributed by atoms with Crippen LogP contribution in [-0.2, 0) is 51.5 Å². The number of fused-ring (bicyclic) bond motifs is 7. The molecular weight excluding hydrogens is 1240 g/mol. The maximum absolute atomic E-state index is 15.5. The molecule has 12 rings (SSSR count). The summed E-state index contributed by atoms with van der Waals surface area (Å²) in [4.78, 5) is 30.8. The summed E-state index contributed by atoms with van der Waals surface area (Å²) in [6.45, 7) is 39.9. The molecule has 7 saturated heterocycles. The van der Waals surface area contributed by atoms with Crippen molar-refractivity contribution in [3.63, 3.8) is 0 Å². The third-order valence-corrected chi connectivity index (χ3v) is 32.7. The Labute approximate surface area is 576 Å². The Kier molecular flexibility index (Phi) is 20.9. The standard InChI is InChI=1S/C81H111NO12Si2/c1-51-37-38-57-45-53(3)66(85-57)41-39-58-44-52(2)54(4)69(86-58)49-70-65(55(5)68(88-70)48-60-50-82(81(15,16)91-60)77(84)92-78(6,7)8)47-56(83)46-59-40-42-67-72(87-59)76(94-96(80(12,13)14,63-33-25-19-26-34-63)64-35-27-20-28-36-64)75-74(89-67)73(71(43-51)90-75)93-95(79(9,10)11,61-29-21-17-22-30-61)62-31-23-18-24-32-62/h17-38,51-52,55,57-60,65-76H,3-4,39-50H2,1-2,5-16H3/b38-37+/t51?,52-,55-,57?,58+,59-,60+,65?,66?,67+,68-,69?,70+,71-,72+,73+,74+,75-,76+/m1/s1. The first kappa shape index (κ1) is 71.0. The number of ether oxygens (including phenoxy) is 8. The molecule has 8 aliphatic heterocycles. The van der Waals surface area contributed by atoms with Crippen molar-refractivity contribution >= 4 is 49.3 Å². The van der Waals surface area contributed by atoms with Crippen LogP contribution in [0.2, 0.25) is 10.1 Å². The van der Waals surface area contributed by atoms with Gasteiger partial charge in [0.15, 0.2) is 0 Å². The number of hydrogen-bond donors (Lipinski definition) is 0. The third kappa shape index (κ3) is 14.5. The summed E-state index contributed by atoms with van der Waals surface area (Å²) in [6.07, 6.45) is 5.48. The van der Waals surface area contributed by atoms with Crippen LogP contribution in [0.1, 0.15) is 168 Å². The predicted octanol–water partition coefficient (Wildman–Crippen LogP) is 13.9. The minimum absolute atomic E-state index is 0.0103. The summed E-state index contributed by atoms with van der Waals surface area (Å²) in [6, 6.07) is 43.5. The fourth-order valence-corrected chi connectivity index (χ4v) is 27.2. The summed E-state index contributed by atoms with van der Waals surface area (Å²) >= 11 is 0. The summed E-state index contributed by atoms with van der Waals surface area (Å²) in [5, 5.41) is 3.96. The molecule has 5 unspecified atom stereocenters. The highest BCUT2D eigenvalue weighted by molar-refractivity contribution is 7.00. The lowest BCUT2D eigenvalue weighted by molar-refractivity contribution is -0.254. The number of carbonyl (C=O) groups is 2. The topological polar surface area (TPSA) is 130 Å². The molecule has 7 fully saturated rings. The fourth-order valence-electron chi connectivity index (χ4n) is 17.8. The monoisotopic (exact) mass is 1350 g/mol. The van der Waals surface area contributed by atoms with Crippen LogP contribution in [0.4, 0.5) is 4.79 Å². The van der Waals surface area contributed by atoms with E-state index in [0.717, 1.165) is 47.2 Å². The Bertz CT molecular complexity index is 3280. The summed E-state index contributed by atoms with van der Waals surface area (Å²) in [5.74, 6) is 0.247. The normalized spacial score (nSPS) is 35.1. The number of allylic oxidation sites excluding steroid dienone is 1. The van der Waals surface area contributed by atoms with Crippen LogP contribution in [0, 0.1) is 23.7 Å². The molecule has 0 saturated carbocycles. The van der Waals surface area contributed by atoms with Gasteiger partial charge in [-0.1, -0.05) is 209 Å². The van der Waals surface area contributed by atoms with Gasteiger partial charge in [0.2, 0.25) is 0 Å². The van der Waals surface area contributed by atoms with E-state index in [2.05, 4.69) is 209 Å². The van der Waals surface area contributed by atoms with Gasteiger partial charge in [0.05, 0.1) is 67.6 Å². The molecule has 0 aromatic heterocycles. The van der Waals surface area contributed by atoms with Crippen LogP contribution in [0.15, 0.2) is 158 Å². The van der Waals surface area contributed by atoms with Gasteiger partial charge in [0, 0.05) is 32.1 Å². The lowest BCUT2D eigenvalue weighted by Gasteiger charge is -2.53. The second-order valence-corrected chi connectivity index (χ2v) is 41.7. The first-order valence-corrected chi connectivity index (χ1v) is 40.1. The second-order valence-electron chi connectivity index (χ2n) is 33.2. The number of carbonyl (C=O) groups excluding carboxylic acids is 2. The largest absolute Gasteiger partial charge is 0.444 e. The van der Waals surface area contributed by atoms with Crippen molar-refractivity contribution in [2.75, 3.05) is 6.54 Å². The zero-order valence-corrected chi connectivity index (χ0v) is 61.9. The van der Waals surface area contributed by atoms with Crippen molar-refractivity contribution in [3.8, 4) is 0 Å². The minimum Gasteiger partial charge on any atom is -0.444 e. The van der Waals surface area contributed by atoms with Crippen molar-refractivity contribution < 1.29 is 56.3 Å². The van der Waals surface area contributed by atoms with Gasteiger partial charge in [-0.15, -0.1) is 0 Å². The molecule has 0 radical (unpaired) electrons. The van der Waals surface area contributed by atoms with Gasteiger partial charge in [-0.25, -0.2) is 4.79 Å². The van der Waals surface area contributed by atoms with Gasteiger partial charge >= 0.3 is 6.09 Å². The van der Waals surface area contributed by atoms with Gasteiger partial charge in [-0.05, 0) is 139 Å². The lowest BCUT2D eigenvalue weighted by atomic mass is 9.78. The molecule has 13 nitrogen and oxygen atoms in total. The highest BCUT2D eigenvalue weighted by atomic mass is 28.4. The minimum atomic E-state index is -3.35. The van der Waals surface area contributed by atoms with E-state index in [4.69, 9.17) is 46.7 Å². The molecular formula is C81H111NO12Si2. The molecule has 96 heavy (non-hydrogen) atoms. The summed E-state index contributed by atoms with van der Waals surface area (Å²) in [7, 11) is -6.61. The number of rotatable bonds is 10. The van der Waals surface area contributed by atoms with Crippen molar-refractivity contribution in [2.45, 2.75) is 281 Å². The third-order valence-electron chi connectivity index (χ3n) is 22.6. The van der Waals surface area contributed by atoms with Gasteiger partial charge < -0.3 is 46.7 Å². The SMILES string of the molecule is C=C1CC2/C=C/C(C)C[C@H]3O[C@H]4[C@@H](O[Si](c5ccccc5)(c5ccccc5)C(C)(C)C)[C@H]5O[C@H](CC[C@@H]5O[C@H]4[C@H]3O[Si](c3ccccc3)(c3ccccc3)C(C)(C)C)CC(=O)CC3[C@H](CC4O[C@@H](CCC1O2)C[C@@H](C)C4=C)O[C@H](C[C@H]1CN(C(=O)OC(C)(C)C)C(C)(C)O1)[C@@H]3C. The summed E-state index contributed by atoms with van der Waals surface area (Å²) < 4.78 is 74.1. The molecule has 15 heteroatoms. The fraction of sp³-hybridized carbons (Fsp3) is 0.605. The van der Waals surface area contributed by atoms with Crippen LogP contribution in [0.25, 0.3) is 0 Å². The Morgan fingerprint density at radius 3 is 1.68 bits per heavy atom. The molecule has 520 valence electrons. The maximum Gasteiger partial charge on any atom is 0.412 e. The Morgan fingerprint density at radius 2 is 1.11 bits per heavy atom. The average Bonchev–Trinajstić information content (AvgIpc) is 1.36. The van der Waals surface area contributed by atoms with Crippen LogP contribution in [0.3, 0.4) is 0 Å². The first-order valence-electron chi connectivity index (χ1n) is 36.3. The van der Waals surface area contributed by atoms with Gasteiger partial charge in [0.25, 0.3) is 16.6 Å². The number of benzene rings is 4. The predicted molar refractivity (Wildman–Crippen MR) is 383 cm³/mol. The molecule has 0 N–H and O–H groups in total. The van der Waals surface area contributed by atoms with Crippen LogP contribution in [0.5, 0.6) is 0 Å². The van der Waals surface area contributed by atoms with Crippen molar-refractivity contribution in [1.29, 1.82) is 0 Å². The van der Waals surface area contributed by atoms with Crippen molar-refractivity contribution in [2.24, 2.45) is 23.7 Å². The number of ketones is 1. The average molecular weight is 1350 g/mol. The van der Waals surface area contributed by atoms with E-state index in [-0.39, 0.29) is 83.6 Å². The quantitative estimate of drug-likeness (QED) is 0.111. The Hall–Kier alpha value is -4.89. The van der Waals surface area contributed by atoms with Crippen molar-refractivity contribution in [1.82, 2.24) is 4.90 Å². The Balaban J connectivity index is 0.937. The van der Waals surface area contributed by atoms with E-state index in [1.807, 2.05) is 34.6 Å². The Morgan fingerprint density at radius 1 is 0.573 bits per heavy atom. The van der Waals surface area contributed by atoms with E-state index < -0.39 is 87.9 Å². The van der Waals surface area contributed by atoms with E-state index in [1.165, 1.54) is 10.4 Å². The van der Waals surface area contributed by atoms with Gasteiger partial charge in [0.1, 0.15) is 47.6 Å². The smallest absolute Gasteiger partial charge is 0.412 e. The number of Topliss-reactive ketones (excluding diaryl/α,β-unsaturated/α-hetero) is 1. The summed E-state index contributed by atoms with van der Waals surface area (Å²) in [5.41, 5.74) is 0.628. The van der Waals surface area contributed by atoms with Crippen LogP contribution < -0.4 is 20.7 Å². The molecule has 19 atom stereocenters. The maximum atomic E-state index is 15.5. The van der Waals surface area contributed by atoms with E-state index in [0.29, 0.717) is 45.1 Å². The number of nitrogens with zero attached hydrogens (tertiary/aromatic N) is 1. The van der Waals surface area contributed by atoms with Gasteiger partial charge in [-0.3, -0.25) is 9.69 Å². The molecule has 4 aromatic carbocycles. The molecule has 0 aliphatic carbocycles. The zero-order valence-electron chi connectivity index (χ0n) is 59.9. The van der Waals surface area contributed by atoms with Gasteiger partial charge in [-0.2, -0.15) is 0 Å². The van der Waals surface area contributed by atoms with E-state index in [9.17, 15) is 4.79 Å². The molecule has 8 bridgehead atoms. The molecule has 1 amide bonds. The first-order chi connectivity index (χ1) is 45.5. The molecule has 4 aromatic rings. The molecule has 0 spiro atoms. The number of amides is 1. The molecule has 8 aliphatic rings. The molecule has 8 heterocycles. The van der Waals surface area contributed by atoms with Crippen LogP contribution >= 0.6 is 0 Å². The highest BCUT2D eigenvalue weighted by Gasteiger charge is 2.65. The second kappa shape index (κ2) is 28.3.